The molecule has 0 spiro atoms. The van der Waals surface area contributed by atoms with E-state index in [1.165, 1.54) is 12.1 Å². The van der Waals surface area contributed by atoms with Gasteiger partial charge in [0, 0.05) is 29.8 Å². The molecule has 20 heavy (non-hydrogen) atoms. The zero-order chi connectivity index (χ0) is 15.1. The molecule has 0 bridgehead atoms. The Bertz CT molecular complexity index is 489. The number of hydrogen-bond acceptors (Lipinski definition) is 4. The second-order valence-electron chi connectivity index (χ2n) is 4.76. The molecule has 0 aromatic heterocycles. The van der Waals surface area contributed by atoms with E-state index in [0.29, 0.717) is 17.7 Å². The van der Waals surface area contributed by atoms with Crippen molar-refractivity contribution in [1.82, 2.24) is 5.32 Å². The summed E-state index contributed by atoms with van der Waals surface area (Å²) in [5, 5.41) is 13.7. The van der Waals surface area contributed by atoms with E-state index in [9.17, 15) is 14.9 Å². The summed E-state index contributed by atoms with van der Waals surface area (Å²) in [6.45, 7) is 4.01. The maximum atomic E-state index is 12.2. The van der Waals surface area contributed by atoms with Crippen molar-refractivity contribution in [2.75, 3.05) is 6.54 Å². The Morgan fingerprint density at radius 2 is 2.20 bits per heavy atom. The van der Waals surface area contributed by atoms with Crippen LogP contribution in [-0.2, 0) is 0 Å². The number of nitrogens with zero attached hydrogens (tertiary/aromatic N) is 1. The SMILES string of the molecule is CCCCC(CN)NC(=O)c1cccc([N+](=O)[O-])c1C. The number of unbranched alkanes of at least 4 members (excludes halogenated alkanes) is 1. The lowest BCUT2D eigenvalue weighted by Crippen LogP contribution is -2.40. The molecule has 0 saturated carbocycles. The van der Waals surface area contributed by atoms with Crippen LogP contribution in [0.5, 0.6) is 0 Å². The van der Waals surface area contributed by atoms with Crippen LogP contribution in [0, 0.1) is 17.0 Å². The fourth-order valence-corrected chi connectivity index (χ4v) is 2.03. The summed E-state index contributed by atoms with van der Waals surface area (Å²) < 4.78 is 0. The number of nitrogens with one attached hydrogen (secondary N) is 1. The van der Waals surface area contributed by atoms with Crippen LogP contribution in [0.4, 0.5) is 5.69 Å². The molecule has 1 aromatic rings. The van der Waals surface area contributed by atoms with Crippen LogP contribution in [-0.4, -0.2) is 23.4 Å². The van der Waals surface area contributed by atoms with Gasteiger partial charge in [0.25, 0.3) is 11.6 Å². The topological polar surface area (TPSA) is 98.3 Å². The van der Waals surface area contributed by atoms with Crippen molar-refractivity contribution in [3.63, 3.8) is 0 Å². The quantitative estimate of drug-likeness (QED) is 0.590. The van der Waals surface area contributed by atoms with E-state index in [-0.39, 0.29) is 17.6 Å². The second kappa shape index (κ2) is 7.59. The van der Waals surface area contributed by atoms with Gasteiger partial charge in [0.1, 0.15) is 0 Å². The summed E-state index contributed by atoms with van der Waals surface area (Å²) in [5.41, 5.74) is 6.29. The Balaban J connectivity index is 2.87. The number of hydrogen-bond donors (Lipinski definition) is 2. The predicted octanol–water partition coefficient (Wildman–Crippen LogP) is 2.15. The van der Waals surface area contributed by atoms with Gasteiger partial charge in [-0.2, -0.15) is 0 Å². The number of rotatable bonds is 7. The normalized spacial score (nSPS) is 11.9. The van der Waals surface area contributed by atoms with Crippen molar-refractivity contribution in [1.29, 1.82) is 0 Å². The maximum Gasteiger partial charge on any atom is 0.273 e. The molecule has 1 unspecified atom stereocenters. The van der Waals surface area contributed by atoms with Gasteiger partial charge < -0.3 is 11.1 Å². The number of benzene rings is 1. The van der Waals surface area contributed by atoms with Crippen molar-refractivity contribution >= 4 is 11.6 Å². The summed E-state index contributed by atoms with van der Waals surface area (Å²) in [5.74, 6) is -0.308. The number of amides is 1. The molecule has 0 aliphatic rings. The molecule has 0 fully saturated rings. The number of nitro benzene ring substituents is 1. The highest BCUT2D eigenvalue weighted by molar-refractivity contribution is 5.96. The average molecular weight is 279 g/mol. The molecule has 1 atom stereocenters. The first-order valence-corrected chi connectivity index (χ1v) is 6.76. The van der Waals surface area contributed by atoms with Crippen LogP contribution in [0.15, 0.2) is 18.2 Å². The molecule has 0 radical (unpaired) electrons. The van der Waals surface area contributed by atoms with Gasteiger partial charge in [-0.3, -0.25) is 14.9 Å². The van der Waals surface area contributed by atoms with E-state index >= 15 is 0 Å². The first kappa shape index (κ1) is 16.1. The average Bonchev–Trinajstić information content (AvgIpc) is 2.43. The van der Waals surface area contributed by atoms with Crippen molar-refractivity contribution in [2.45, 2.75) is 39.2 Å². The number of carbonyl (C=O) groups is 1. The maximum absolute atomic E-state index is 12.2. The lowest BCUT2D eigenvalue weighted by Gasteiger charge is -2.17. The van der Waals surface area contributed by atoms with Gasteiger partial charge >= 0.3 is 0 Å². The fourth-order valence-electron chi connectivity index (χ4n) is 2.03. The number of nitrogens with two attached hydrogens (primary N) is 1. The van der Waals surface area contributed by atoms with Gasteiger partial charge in [-0.25, -0.2) is 0 Å². The lowest BCUT2D eigenvalue weighted by molar-refractivity contribution is -0.385. The highest BCUT2D eigenvalue weighted by Crippen LogP contribution is 2.21. The van der Waals surface area contributed by atoms with Gasteiger partial charge in [0.15, 0.2) is 0 Å². The van der Waals surface area contributed by atoms with Crippen LogP contribution >= 0.6 is 0 Å². The first-order chi connectivity index (χ1) is 9.51. The minimum absolute atomic E-state index is 0.0458. The summed E-state index contributed by atoms with van der Waals surface area (Å²) >= 11 is 0. The highest BCUT2D eigenvalue weighted by Gasteiger charge is 2.19. The van der Waals surface area contributed by atoms with Crippen LogP contribution in [0.3, 0.4) is 0 Å². The second-order valence-corrected chi connectivity index (χ2v) is 4.76. The fraction of sp³-hybridized carbons (Fsp3) is 0.500. The standard InChI is InChI=1S/C14H21N3O3/c1-3-4-6-11(9-15)16-14(18)12-7-5-8-13(10(12)2)17(19)20/h5,7-8,11H,3-4,6,9,15H2,1-2H3,(H,16,18). The molecule has 6 nitrogen and oxygen atoms in total. The van der Waals surface area contributed by atoms with Crippen molar-refractivity contribution in [3.05, 3.63) is 39.4 Å². The zero-order valence-corrected chi connectivity index (χ0v) is 11.9. The molecule has 3 N–H and O–H groups in total. The van der Waals surface area contributed by atoms with Gasteiger partial charge in [0.05, 0.1) is 4.92 Å². The van der Waals surface area contributed by atoms with E-state index in [4.69, 9.17) is 5.73 Å². The zero-order valence-electron chi connectivity index (χ0n) is 11.9. The summed E-state index contributed by atoms with van der Waals surface area (Å²) in [6.07, 6.45) is 2.82. The van der Waals surface area contributed by atoms with E-state index in [1.54, 1.807) is 13.0 Å². The third-order valence-electron chi connectivity index (χ3n) is 3.27. The number of carbonyl (C=O) groups excluding carboxylic acids is 1. The molecule has 6 heteroatoms. The minimum atomic E-state index is -0.483. The summed E-state index contributed by atoms with van der Waals surface area (Å²) in [6, 6.07) is 4.40. The molecule has 0 heterocycles. The predicted molar refractivity (Wildman–Crippen MR) is 77.7 cm³/mol. The van der Waals surface area contributed by atoms with Crippen LogP contribution in [0.1, 0.15) is 42.1 Å². The van der Waals surface area contributed by atoms with E-state index in [1.807, 2.05) is 0 Å². The summed E-state index contributed by atoms with van der Waals surface area (Å²) in [4.78, 5) is 22.6. The van der Waals surface area contributed by atoms with Crippen molar-refractivity contribution < 1.29 is 9.72 Å². The largest absolute Gasteiger partial charge is 0.348 e. The molecular weight excluding hydrogens is 258 g/mol. The minimum Gasteiger partial charge on any atom is -0.348 e. The Kier molecular flexibility index (Phi) is 6.11. The van der Waals surface area contributed by atoms with Gasteiger partial charge in [-0.05, 0) is 19.4 Å². The first-order valence-electron chi connectivity index (χ1n) is 6.76. The molecule has 1 rings (SSSR count). The molecule has 110 valence electrons. The molecule has 0 aliphatic heterocycles. The molecule has 1 aromatic carbocycles. The van der Waals surface area contributed by atoms with Gasteiger partial charge in [-0.15, -0.1) is 0 Å². The van der Waals surface area contributed by atoms with Crippen molar-refractivity contribution in [3.8, 4) is 0 Å². The Morgan fingerprint density at radius 1 is 1.50 bits per heavy atom. The molecular formula is C14H21N3O3. The Morgan fingerprint density at radius 3 is 2.75 bits per heavy atom. The van der Waals surface area contributed by atoms with Crippen LogP contribution in [0.25, 0.3) is 0 Å². The highest BCUT2D eigenvalue weighted by atomic mass is 16.6. The Labute approximate surface area is 118 Å². The molecule has 1 amide bonds. The molecule has 0 aliphatic carbocycles. The third-order valence-corrected chi connectivity index (χ3v) is 3.27. The van der Waals surface area contributed by atoms with E-state index < -0.39 is 4.92 Å². The number of nitro groups is 1. The van der Waals surface area contributed by atoms with E-state index in [2.05, 4.69) is 12.2 Å². The van der Waals surface area contributed by atoms with Gasteiger partial charge in [0.2, 0.25) is 0 Å². The van der Waals surface area contributed by atoms with Crippen LogP contribution in [0.2, 0.25) is 0 Å². The Hall–Kier alpha value is -1.95. The van der Waals surface area contributed by atoms with Crippen LogP contribution < -0.4 is 11.1 Å². The third kappa shape index (κ3) is 4.03. The summed E-state index contributed by atoms with van der Waals surface area (Å²) in [7, 11) is 0. The van der Waals surface area contributed by atoms with E-state index in [0.717, 1.165) is 19.3 Å². The van der Waals surface area contributed by atoms with Crippen molar-refractivity contribution in [2.24, 2.45) is 5.73 Å². The lowest BCUT2D eigenvalue weighted by atomic mass is 10.0. The molecule has 0 saturated heterocycles. The smallest absolute Gasteiger partial charge is 0.273 e. The monoisotopic (exact) mass is 279 g/mol. The van der Waals surface area contributed by atoms with Gasteiger partial charge in [-0.1, -0.05) is 25.8 Å².